The number of amides is 2. The Morgan fingerprint density at radius 2 is 2.15 bits per heavy atom. The van der Waals surface area contributed by atoms with E-state index in [0.717, 1.165) is 44.7 Å². The van der Waals surface area contributed by atoms with Crippen molar-refractivity contribution in [1.82, 2.24) is 30.6 Å². The molecule has 0 unspecified atom stereocenters. The Labute approximate surface area is 160 Å². The van der Waals surface area contributed by atoms with Crippen molar-refractivity contribution in [2.24, 2.45) is 0 Å². The van der Waals surface area contributed by atoms with Gasteiger partial charge in [-0.2, -0.15) is 5.10 Å². The predicted octanol–water partition coefficient (Wildman–Crippen LogP) is 1.23. The summed E-state index contributed by atoms with van der Waals surface area (Å²) in [6.07, 6.45) is 2.05. The lowest BCUT2D eigenvalue weighted by molar-refractivity contribution is 0.203. The van der Waals surface area contributed by atoms with Crippen molar-refractivity contribution < 1.29 is 4.79 Å². The average Bonchev–Trinajstić information content (AvgIpc) is 2.93. The van der Waals surface area contributed by atoms with Gasteiger partial charge in [-0.15, -0.1) is 0 Å². The number of hydrogen-bond acceptors (Lipinski definition) is 4. The van der Waals surface area contributed by atoms with Gasteiger partial charge in [0.25, 0.3) is 0 Å². The topological polar surface area (TPSA) is 74.2 Å². The van der Waals surface area contributed by atoms with E-state index in [-0.39, 0.29) is 6.03 Å². The highest BCUT2D eigenvalue weighted by Crippen LogP contribution is 2.21. The highest BCUT2D eigenvalue weighted by molar-refractivity contribution is 5.73. The molecule has 27 heavy (non-hydrogen) atoms. The molecule has 3 N–H and O–H groups in total. The molecular weight excluding hydrogens is 340 g/mol. The van der Waals surface area contributed by atoms with Gasteiger partial charge in [0.15, 0.2) is 0 Å². The SMILES string of the molecule is CN1Cc2ccccc2C[C@@H]1CNC(=O)NCc1cc2n(n1)CCCNC2. The lowest BCUT2D eigenvalue weighted by Crippen LogP contribution is -2.47. The van der Waals surface area contributed by atoms with Crippen LogP contribution in [0.15, 0.2) is 30.3 Å². The highest BCUT2D eigenvalue weighted by atomic mass is 16.2. The van der Waals surface area contributed by atoms with Gasteiger partial charge in [0, 0.05) is 32.2 Å². The van der Waals surface area contributed by atoms with E-state index in [2.05, 4.69) is 63.3 Å². The number of nitrogens with one attached hydrogen (secondary N) is 3. The number of benzene rings is 1. The molecule has 1 atom stereocenters. The Kier molecular flexibility index (Phi) is 5.40. The second kappa shape index (κ2) is 8.10. The zero-order chi connectivity index (χ0) is 18.6. The Balaban J connectivity index is 1.25. The lowest BCUT2D eigenvalue weighted by Gasteiger charge is -2.34. The van der Waals surface area contributed by atoms with Gasteiger partial charge in [-0.1, -0.05) is 24.3 Å². The van der Waals surface area contributed by atoms with Crippen LogP contribution in [0.5, 0.6) is 0 Å². The van der Waals surface area contributed by atoms with Gasteiger partial charge >= 0.3 is 6.03 Å². The molecule has 1 aromatic carbocycles. The maximum absolute atomic E-state index is 12.2. The quantitative estimate of drug-likeness (QED) is 0.759. The molecule has 1 aromatic heterocycles. The first-order chi connectivity index (χ1) is 13.2. The Morgan fingerprint density at radius 1 is 1.30 bits per heavy atom. The summed E-state index contributed by atoms with van der Waals surface area (Å²) in [5.41, 5.74) is 4.87. The average molecular weight is 368 g/mol. The zero-order valence-electron chi connectivity index (χ0n) is 15.9. The summed E-state index contributed by atoms with van der Waals surface area (Å²) < 4.78 is 2.04. The van der Waals surface area contributed by atoms with Crippen LogP contribution in [0.3, 0.4) is 0 Å². The van der Waals surface area contributed by atoms with Crippen molar-refractivity contribution in [3.63, 3.8) is 0 Å². The molecule has 0 bridgehead atoms. The molecular formula is C20H28N6O. The number of aromatic nitrogens is 2. The molecule has 2 aromatic rings. The normalized spacial score (nSPS) is 19.7. The van der Waals surface area contributed by atoms with E-state index in [1.807, 2.05) is 4.68 Å². The number of nitrogens with zero attached hydrogens (tertiary/aromatic N) is 3. The molecule has 7 nitrogen and oxygen atoms in total. The fourth-order valence-electron chi connectivity index (χ4n) is 3.90. The number of rotatable bonds is 4. The second-order valence-corrected chi connectivity index (χ2v) is 7.49. The zero-order valence-corrected chi connectivity index (χ0v) is 15.9. The predicted molar refractivity (Wildman–Crippen MR) is 104 cm³/mol. The molecule has 0 radical (unpaired) electrons. The molecule has 2 amide bonds. The van der Waals surface area contributed by atoms with Gasteiger partial charge in [0.2, 0.25) is 0 Å². The van der Waals surface area contributed by atoms with Crippen LogP contribution in [0.25, 0.3) is 0 Å². The van der Waals surface area contributed by atoms with E-state index in [1.54, 1.807) is 0 Å². The number of fused-ring (bicyclic) bond motifs is 2. The number of likely N-dealkylation sites (N-methyl/N-ethyl adjacent to an activating group) is 1. The molecule has 144 valence electrons. The molecule has 0 fully saturated rings. The Hall–Kier alpha value is -2.38. The Bertz CT molecular complexity index is 778. The summed E-state index contributed by atoms with van der Waals surface area (Å²) in [5.74, 6) is 0. The van der Waals surface area contributed by atoms with Crippen LogP contribution in [0.4, 0.5) is 4.79 Å². The summed E-state index contributed by atoms with van der Waals surface area (Å²) >= 11 is 0. The fraction of sp³-hybridized carbons (Fsp3) is 0.500. The molecule has 0 aliphatic carbocycles. The number of urea groups is 1. The van der Waals surface area contributed by atoms with E-state index in [4.69, 9.17) is 0 Å². The largest absolute Gasteiger partial charge is 0.337 e. The summed E-state index contributed by atoms with van der Waals surface area (Å²) in [7, 11) is 2.12. The van der Waals surface area contributed by atoms with Crippen LogP contribution in [-0.4, -0.2) is 46.9 Å². The number of hydrogen-bond donors (Lipinski definition) is 3. The maximum atomic E-state index is 12.2. The van der Waals surface area contributed by atoms with E-state index in [0.29, 0.717) is 19.1 Å². The minimum absolute atomic E-state index is 0.136. The van der Waals surface area contributed by atoms with E-state index >= 15 is 0 Å². The number of carbonyl (C=O) groups excluding carboxylic acids is 1. The first-order valence-corrected chi connectivity index (χ1v) is 9.74. The van der Waals surface area contributed by atoms with Crippen molar-refractivity contribution in [2.75, 3.05) is 20.1 Å². The van der Waals surface area contributed by atoms with Crippen molar-refractivity contribution in [1.29, 1.82) is 0 Å². The molecule has 7 heteroatoms. The van der Waals surface area contributed by atoms with Crippen LogP contribution in [-0.2, 0) is 32.6 Å². The van der Waals surface area contributed by atoms with E-state index in [9.17, 15) is 4.79 Å². The van der Waals surface area contributed by atoms with E-state index in [1.165, 1.54) is 16.8 Å². The van der Waals surface area contributed by atoms with Gasteiger partial charge in [-0.25, -0.2) is 4.79 Å². The highest BCUT2D eigenvalue weighted by Gasteiger charge is 2.23. The summed E-state index contributed by atoms with van der Waals surface area (Å²) in [6, 6.07) is 10.8. The fourth-order valence-corrected chi connectivity index (χ4v) is 3.90. The minimum Gasteiger partial charge on any atom is -0.337 e. The van der Waals surface area contributed by atoms with Gasteiger partial charge in [-0.05, 0) is 43.6 Å². The Morgan fingerprint density at radius 3 is 3.04 bits per heavy atom. The van der Waals surface area contributed by atoms with Crippen LogP contribution in [0, 0.1) is 0 Å². The standard InChI is InChI=1S/C20H28N6O/c1-25-14-16-6-3-2-5-15(16)9-18(25)13-23-20(27)22-11-17-10-19-12-21-7-4-8-26(19)24-17/h2-3,5-6,10,18,21H,4,7-9,11-14H2,1H3,(H2,22,23,27)/t18-/m1/s1. The third kappa shape index (κ3) is 4.31. The molecule has 0 saturated carbocycles. The van der Waals surface area contributed by atoms with Crippen LogP contribution < -0.4 is 16.0 Å². The van der Waals surface area contributed by atoms with Crippen LogP contribution in [0.2, 0.25) is 0 Å². The van der Waals surface area contributed by atoms with Crippen molar-refractivity contribution in [3.05, 3.63) is 52.8 Å². The second-order valence-electron chi connectivity index (χ2n) is 7.49. The van der Waals surface area contributed by atoms with Crippen LogP contribution >= 0.6 is 0 Å². The third-order valence-electron chi connectivity index (χ3n) is 5.49. The number of aryl methyl sites for hydroxylation is 1. The molecule has 0 saturated heterocycles. The monoisotopic (exact) mass is 368 g/mol. The maximum Gasteiger partial charge on any atom is 0.315 e. The van der Waals surface area contributed by atoms with Crippen LogP contribution in [0.1, 0.15) is 28.9 Å². The van der Waals surface area contributed by atoms with Crippen molar-refractivity contribution in [2.45, 2.75) is 45.1 Å². The lowest BCUT2D eigenvalue weighted by atomic mass is 9.94. The first kappa shape index (κ1) is 18.0. The smallest absolute Gasteiger partial charge is 0.315 e. The van der Waals surface area contributed by atoms with E-state index < -0.39 is 0 Å². The first-order valence-electron chi connectivity index (χ1n) is 9.74. The summed E-state index contributed by atoms with van der Waals surface area (Å²) in [4.78, 5) is 14.5. The molecule has 0 spiro atoms. The van der Waals surface area contributed by atoms with Gasteiger partial charge in [0.05, 0.1) is 17.9 Å². The van der Waals surface area contributed by atoms with Gasteiger partial charge in [0.1, 0.15) is 0 Å². The molecule has 4 rings (SSSR count). The minimum atomic E-state index is -0.136. The van der Waals surface area contributed by atoms with Gasteiger partial charge < -0.3 is 16.0 Å². The molecule has 2 aliphatic rings. The summed E-state index contributed by atoms with van der Waals surface area (Å²) in [5, 5.41) is 13.9. The van der Waals surface area contributed by atoms with Crippen molar-refractivity contribution in [3.8, 4) is 0 Å². The molecule has 3 heterocycles. The third-order valence-corrected chi connectivity index (χ3v) is 5.49. The number of carbonyl (C=O) groups is 1. The van der Waals surface area contributed by atoms with Gasteiger partial charge in [-0.3, -0.25) is 9.58 Å². The molecule has 2 aliphatic heterocycles. The van der Waals surface area contributed by atoms with Crippen molar-refractivity contribution >= 4 is 6.03 Å². The summed E-state index contributed by atoms with van der Waals surface area (Å²) in [6.45, 7) is 4.83.